The van der Waals surface area contributed by atoms with Crippen LogP contribution in [0.15, 0.2) is 0 Å². The van der Waals surface area contributed by atoms with E-state index in [9.17, 15) is 4.79 Å². The molecule has 0 aliphatic heterocycles. The number of methoxy groups -OCH3 is 1. The summed E-state index contributed by atoms with van der Waals surface area (Å²) in [4.78, 5) is 11.0. The normalized spacial score (nSPS) is 13.6. The van der Waals surface area contributed by atoms with Gasteiger partial charge in [0, 0.05) is 6.42 Å². The zero-order chi connectivity index (χ0) is 12.6. The average Bonchev–Trinajstić information content (AvgIpc) is 2.26. The number of thioether (sulfide) groups is 2. The molecule has 0 amide bonds. The van der Waals surface area contributed by atoms with E-state index in [0.29, 0.717) is 6.42 Å². The second-order valence-electron chi connectivity index (χ2n) is 3.20. The van der Waals surface area contributed by atoms with Crippen LogP contribution in [0.1, 0.15) is 26.7 Å². The number of esters is 1. The molecule has 0 spiro atoms. The van der Waals surface area contributed by atoms with Gasteiger partial charge in [0.1, 0.15) is 8.28 Å². The third-order valence-electron chi connectivity index (χ3n) is 1.84. The molecule has 0 aliphatic carbocycles. The van der Waals surface area contributed by atoms with Crippen molar-refractivity contribution in [3.63, 3.8) is 0 Å². The van der Waals surface area contributed by atoms with Crippen molar-refractivity contribution >= 4 is 45.2 Å². The summed E-state index contributed by atoms with van der Waals surface area (Å²) in [5, 5.41) is 9.10. The molecule has 0 fully saturated rings. The van der Waals surface area contributed by atoms with E-state index in [0.717, 1.165) is 9.28 Å². The van der Waals surface area contributed by atoms with E-state index in [-0.39, 0.29) is 12.4 Å². The summed E-state index contributed by atoms with van der Waals surface area (Å²) in [7, 11) is 1.34. The van der Waals surface area contributed by atoms with Gasteiger partial charge in [0.25, 0.3) is 0 Å². The van der Waals surface area contributed by atoms with Crippen molar-refractivity contribution in [2.45, 2.75) is 31.4 Å². The molecular formula is C10H15NO2S3. The molecule has 0 aliphatic rings. The smallest absolute Gasteiger partial charge is 0.305 e. The average molecular weight is 277 g/mol. The van der Waals surface area contributed by atoms with Crippen LogP contribution >= 0.6 is 35.7 Å². The highest BCUT2D eigenvalue weighted by atomic mass is 32.2. The maximum atomic E-state index is 11.0. The first-order valence-electron chi connectivity index (χ1n) is 4.81. The van der Waals surface area contributed by atoms with E-state index in [1.165, 1.54) is 18.9 Å². The largest absolute Gasteiger partial charge is 0.469 e. The number of hydrogen-bond acceptors (Lipinski definition) is 6. The first-order chi connectivity index (χ1) is 7.47. The minimum atomic E-state index is -0.645. The van der Waals surface area contributed by atoms with Crippen molar-refractivity contribution in [2.75, 3.05) is 12.9 Å². The topological polar surface area (TPSA) is 50.1 Å². The fourth-order valence-electron chi connectivity index (χ4n) is 0.904. The summed E-state index contributed by atoms with van der Waals surface area (Å²) in [5.74, 6) is 0.598. The summed E-state index contributed by atoms with van der Waals surface area (Å²) in [6.07, 6.45) is 0.693. The second-order valence-corrected chi connectivity index (χ2v) is 7.18. The molecule has 16 heavy (non-hydrogen) atoms. The molecule has 1 unspecified atom stereocenters. The Kier molecular flexibility index (Phi) is 7.81. The lowest BCUT2D eigenvalue weighted by molar-refractivity contribution is -0.140. The fourth-order valence-corrected chi connectivity index (χ4v) is 3.80. The van der Waals surface area contributed by atoms with E-state index in [1.54, 1.807) is 18.7 Å². The van der Waals surface area contributed by atoms with Crippen LogP contribution in [-0.2, 0) is 9.53 Å². The van der Waals surface area contributed by atoms with Gasteiger partial charge in [0.2, 0.25) is 0 Å². The SMILES string of the molecule is CCSC(=S)SC(C)(C#N)CCC(=O)OC. The second kappa shape index (κ2) is 7.93. The Morgan fingerprint density at radius 3 is 2.69 bits per heavy atom. The van der Waals surface area contributed by atoms with Gasteiger partial charge >= 0.3 is 5.97 Å². The molecule has 0 bridgehead atoms. The Morgan fingerprint density at radius 2 is 2.25 bits per heavy atom. The first-order valence-corrected chi connectivity index (χ1v) is 7.02. The van der Waals surface area contributed by atoms with E-state index >= 15 is 0 Å². The standard InChI is InChI=1S/C10H15NO2S3/c1-4-15-9(14)16-10(2,7-11)6-5-8(12)13-3/h4-6H2,1-3H3. The molecule has 0 saturated carbocycles. The third-order valence-corrected chi connectivity index (χ3v) is 4.49. The molecule has 0 radical (unpaired) electrons. The van der Waals surface area contributed by atoms with Crippen molar-refractivity contribution < 1.29 is 9.53 Å². The van der Waals surface area contributed by atoms with Crippen LogP contribution in [0.25, 0.3) is 0 Å². The molecule has 0 aromatic rings. The van der Waals surface area contributed by atoms with Gasteiger partial charge in [-0.15, -0.1) is 11.8 Å². The van der Waals surface area contributed by atoms with Gasteiger partial charge in [-0.3, -0.25) is 4.79 Å². The van der Waals surface area contributed by atoms with Crippen molar-refractivity contribution in [3.8, 4) is 6.07 Å². The number of rotatable bonds is 5. The highest BCUT2D eigenvalue weighted by molar-refractivity contribution is 8.47. The molecule has 1 atom stereocenters. The molecular weight excluding hydrogens is 262 g/mol. The summed E-state index contributed by atoms with van der Waals surface area (Å²) in [5.41, 5.74) is 0. The van der Waals surface area contributed by atoms with Crippen LogP contribution in [0.2, 0.25) is 0 Å². The van der Waals surface area contributed by atoms with Crippen molar-refractivity contribution in [1.29, 1.82) is 5.26 Å². The lowest BCUT2D eigenvalue weighted by atomic mass is 10.1. The van der Waals surface area contributed by atoms with Crippen LogP contribution in [0.4, 0.5) is 0 Å². The van der Waals surface area contributed by atoms with E-state index < -0.39 is 4.75 Å². The van der Waals surface area contributed by atoms with Gasteiger partial charge in [-0.2, -0.15) is 5.26 Å². The molecule has 0 aromatic heterocycles. The number of hydrogen-bond donors (Lipinski definition) is 0. The number of ether oxygens (including phenoxy) is 1. The van der Waals surface area contributed by atoms with Crippen molar-refractivity contribution in [1.82, 2.24) is 0 Å². The zero-order valence-corrected chi connectivity index (χ0v) is 12.1. The Hall–Kier alpha value is -0.250. The van der Waals surface area contributed by atoms with Gasteiger partial charge in [-0.25, -0.2) is 0 Å². The minimum absolute atomic E-state index is 0.243. The van der Waals surface area contributed by atoms with Gasteiger partial charge < -0.3 is 4.74 Å². The molecule has 90 valence electrons. The number of carbonyl (C=O) groups is 1. The fraction of sp³-hybridized carbons (Fsp3) is 0.700. The maximum Gasteiger partial charge on any atom is 0.305 e. The predicted molar refractivity (Wildman–Crippen MR) is 73.6 cm³/mol. The molecule has 6 heteroatoms. The van der Waals surface area contributed by atoms with Crippen molar-refractivity contribution in [2.24, 2.45) is 0 Å². The highest BCUT2D eigenvalue weighted by Crippen LogP contribution is 2.34. The maximum absolute atomic E-state index is 11.0. The quantitative estimate of drug-likeness (QED) is 0.569. The van der Waals surface area contributed by atoms with E-state index in [2.05, 4.69) is 10.8 Å². The number of nitriles is 1. The number of nitrogens with zero attached hydrogens (tertiary/aromatic N) is 1. The van der Waals surface area contributed by atoms with Crippen LogP contribution in [-0.4, -0.2) is 27.1 Å². The Bertz CT molecular complexity index is 301. The molecule has 0 saturated heterocycles. The predicted octanol–water partition coefficient (Wildman–Crippen LogP) is 2.99. The lowest BCUT2D eigenvalue weighted by Crippen LogP contribution is -2.20. The molecule has 3 nitrogen and oxygen atoms in total. The first kappa shape index (κ1) is 15.8. The Morgan fingerprint density at radius 1 is 1.62 bits per heavy atom. The molecule has 0 aromatic carbocycles. The van der Waals surface area contributed by atoms with Gasteiger partial charge in [-0.05, 0) is 19.1 Å². The minimum Gasteiger partial charge on any atom is -0.469 e. The van der Waals surface area contributed by atoms with Crippen LogP contribution in [0.5, 0.6) is 0 Å². The van der Waals surface area contributed by atoms with Gasteiger partial charge in [-0.1, -0.05) is 30.9 Å². The molecule has 0 heterocycles. The van der Waals surface area contributed by atoms with E-state index in [1.807, 2.05) is 6.92 Å². The van der Waals surface area contributed by atoms with Gasteiger partial charge in [0.05, 0.1) is 13.2 Å². The zero-order valence-electron chi connectivity index (χ0n) is 9.61. The lowest BCUT2D eigenvalue weighted by Gasteiger charge is -2.19. The Labute approximate surface area is 110 Å². The van der Waals surface area contributed by atoms with Crippen LogP contribution < -0.4 is 0 Å². The summed E-state index contributed by atoms with van der Waals surface area (Å²) in [6.45, 7) is 3.80. The Balaban J connectivity index is 4.27. The molecule has 0 N–H and O–H groups in total. The van der Waals surface area contributed by atoms with E-state index in [4.69, 9.17) is 17.5 Å². The van der Waals surface area contributed by atoms with Crippen LogP contribution in [0.3, 0.4) is 0 Å². The van der Waals surface area contributed by atoms with Crippen LogP contribution in [0, 0.1) is 11.3 Å². The van der Waals surface area contributed by atoms with Crippen molar-refractivity contribution in [3.05, 3.63) is 0 Å². The number of thiocarbonyl (C=S) groups is 1. The summed E-state index contributed by atoms with van der Waals surface area (Å²) < 4.78 is 4.65. The summed E-state index contributed by atoms with van der Waals surface area (Å²) in [6, 6.07) is 2.20. The molecule has 0 rings (SSSR count). The third kappa shape index (κ3) is 6.36. The monoisotopic (exact) mass is 277 g/mol. The summed E-state index contributed by atoms with van der Waals surface area (Å²) >= 11 is 8.02. The highest BCUT2D eigenvalue weighted by Gasteiger charge is 2.27. The number of carbonyl (C=O) groups excluding carboxylic acids is 1. The van der Waals surface area contributed by atoms with Gasteiger partial charge in [0.15, 0.2) is 0 Å².